The van der Waals surface area contributed by atoms with E-state index in [1.807, 2.05) is 13.0 Å². The SMILES string of the molecule is COC(=O)[C@@H]1[C@H]2CC[C@@H](C[C@H]1c1cccc(F)c1)N2.Cc1ccc(S(=O)(=O)O)cc1. The zero-order valence-electron chi connectivity index (χ0n) is 16.9. The Bertz CT molecular complexity index is 993. The molecule has 30 heavy (non-hydrogen) atoms. The lowest BCUT2D eigenvalue weighted by molar-refractivity contribution is -0.148. The first kappa shape index (κ1) is 22.4. The number of rotatable bonds is 3. The molecule has 162 valence electrons. The predicted molar refractivity (Wildman–Crippen MR) is 110 cm³/mol. The minimum Gasteiger partial charge on any atom is -0.469 e. The van der Waals surface area contributed by atoms with Gasteiger partial charge in [0.2, 0.25) is 0 Å². The number of nitrogens with one attached hydrogen (secondary N) is 1. The Kier molecular flexibility index (Phi) is 6.90. The van der Waals surface area contributed by atoms with Gasteiger partial charge in [-0.2, -0.15) is 8.42 Å². The summed E-state index contributed by atoms with van der Waals surface area (Å²) in [6.07, 6.45) is 2.96. The smallest absolute Gasteiger partial charge is 0.310 e. The third-order valence-electron chi connectivity index (χ3n) is 5.75. The highest BCUT2D eigenvalue weighted by atomic mass is 32.2. The summed E-state index contributed by atoms with van der Waals surface area (Å²) in [5, 5.41) is 3.48. The van der Waals surface area contributed by atoms with E-state index in [1.165, 1.54) is 25.3 Å². The fourth-order valence-corrected chi connectivity index (χ4v) is 4.79. The summed E-state index contributed by atoms with van der Waals surface area (Å²) in [5.74, 6) is -0.577. The predicted octanol–water partition coefficient (Wildman–Crippen LogP) is 3.46. The van der Waals surface area contributed by atoms with E-state index in [2.05, 4.69) is 5.32 Å². The highest BCUT2D eigenvalue weighted by Gasteiger charge is 2.46. The lowest BCUT2D eigenvalue weighted by Crippen LogP contribution is -2.48. The fourth-order valence-electron chi connectivity index (χ4n) is 4.31. The van der Waals surface area contributed by atoms with Gasteiger partial charge in [-0.1, -0.05) is 29.8 Å². The second kappa shape index (κ2) is 9.24. The van der Waals surface area contributed by atoms with Gasteiger partial charge in [-0.05, 0) is 56.0 Å². The van der Waals surface area contributed by atoms with Crippen molar-refractivity contribution in [3.63, 3.8) is 0 Å². The first-order valence-electron chi connectivity index (χ1n) is 9.82. The molecular formula is C22H26FNO5S. The number of halogens is 1. The normalized spacial score (nSPS) is 25.2. The van der Waals surface area contributed by atoms with Crippen LogP contribution in [0.2, 0.25) is 0 Å². The van der Waals surface area contributed by atoms with Crippen LogP contribution < -0.4 is 5.32 Å². The van der Waals surface area contributed by atoms with Crippen LogP contribution in [0.25, 0.3) is 0 Å². The molecule has 4 atom stereocenters. The van der Waals surface area contributed by atoms with Gasteiger partial charge < -0.3 is 10.1 Å². The van der Waals surface area contributed by atoms with Crippen LogP contribution in [0.4, 0.5) is 4.39 Å². The van der Waals surface area contributed by atoms with E-state index in [9.17, 15) is 17.6 Å². The molecule has 2 aliphatic rings. The molecule has 4 rings (SSSR count). The molecule has 2 saturated heterocycles. The van der Waals surface area contributed by atoms with Crippen LogP contribution >= 0.6 is 0 Å². The monoisotopic (exact) mass is 435 g/mol. The van der Waals surface area contributed by atoms with Gasteiger partial charge in [0.05, 0.1) is 17.9 Å². The van der Waals surface area contributed by atoms with Crippen molar-refractivity contribution in [2.24, 2.45) is 5.92 Å². The number of carbonyl (C=O) groups is 1. The largest absolute Gasteiger partial charge is 0.469 e. The van der Waals surface area contributed by atoms with Crippen LogP contribution in [0.3, 0.4) is 0 Å². The van der Waals surface area contributed by atoms with Gasteiger partial charge in [-0.25, -0.2) is 4.39 Å². The van der Waals surface area contributed by atoms with Crippen LogP contribution in [0.5, 0.6) is 0 Å². The summed E-state index contributed by atoms with van der Waals surface area (Å²) in [6.45, 7) is 1.84. The minimum atomic E-state index is -4.02. The van der Waals surface area contributed by atoms with Crippen LogP contribution in [0.1, 0.15) is 36.3 Å². The van der Waals surface area contributed by atoms with Crippen molar-refractivity contribution in [3.05, 3.63) is 65.5 Å². The maximum absolute atomic E-state index is 13.4. The molecule has 2 N–H and O–H groups in total. The zero-order chi connectivity index (χ0) is 21.9. The number of carbonyl (C=O) groups excluding carboxylic acids is 1. The first-order valence-corrected chi connectivity index (χ1v) is 11.3. The molecule has 8 heteroatoms. The van der Waals surface area contributed by atoms with E-state index in [0.717, 1.165) is 30.4 Å². The highest BCUT2D eigenvalue weighted by molar-refractivity contribution is 7.85. The van der Waals surface area contributed by atoms with Gasteiger partial charge in [-0.15, -0.1) is 0 Å². The maximum Gasteiger partial charge on any atom is 0.310 e. The lowest BCUT2D eigenvalue weighted by atomic mass is 9.77. The Morgan fingerprint density at radius 2 is 1.87 bits per heavy atom. The van der Waals surface area contributed by atoms with E-state index in [4.69, 9.17) is 9.29 Å². The number of hydrogen-bond donors (Lipinski definition) is 2. The lowest BCUT2D eigenvalue weighted by Gasteiger charge is -2.36. The molecular weight excluding hydrogens is 409 g/mol. The topological polar surface area (TPSA) is 92.7 Å². The molecule has 2 aliphatic heterocycles. The number of aryl methyl sites for hydroxylation is 1. The van der Waals surface area contributed by atoms with E-state index in [0.29, 0.717) is 6.04 Å². The second-order valence-electron chi connectivity index (χ2n) is 7.78. The molecule has 0 amide bonds. The van der Waals surface area contributed by atoms with E-state index in [1.54, 1.807) is 24.3 Å². The van der Waals surface area contributed by atoms with Gasteiger partial charge in [0.25, 0.3) is 10.1 Å². The van der Waals surface area contributed by atoms with Crippen LogP contribution in [0.15, 0.2) is 53.4 Å². The third-order valence-corrected chi connectivity index (χ3v) is 6.62. The van der Waals surface area contributed by atoms with Crippen molar-refractivity contribution in [2.75, 3.05) is 7.11 Å². The second-order valence-corrected chi connectivity index (χ2v) is 9.20. The summed E-state index contributed by atoms with van der Waals surface area (Å²) < 4.78 is 47.9. The van der Waals surface area contributed by atoms with Gasteiger partial charge >= 0.3 is 5.97 Å². The van der Waals surface area contributed by atoms with Gasteiger partial charge in [0, 0.05) is 18.0 Å². The Balaban J connectivity index is 0.000000199. The summed E-state index contributed by atoms with van der Waals surface area (Å²) in [4.78, 5) is 12.0. The summed E-state index contributed by atoms with van der Waals surface area (Å²) in [6, 6.07) is 13.2. The number of methoxy groups -OCH3 is 1. The van der Waals surface area contributed by atoms with Gasteiger partial charge in [0.1, 0.15) is 5.82 Å². The Labute approximate surface area is 176 Å². The van der Waals surface area contributed by atoms with Crippen LogP contribution in [0, 0.1) is 18.7 Å². The van der Waals surface area contributed by atoms with E-state index in [-0.39, 0.29) is 34.6 Å². The van der Waals surface area contributed by atoms with Crippen molar-refractivity contribution in [3.8, 4) is 0 Å². The average Bonchev–Trinajstić information content (AvgIpc) is 3.08. The third kappa shape index (κ3) is 5.24. The maximum atomic E-state index is 13.4. The molecule has 2 bridgehead atoms. The highest BCUT2D eigenvalue weighted by Crippen LogP contribution is 2.42. The molecule has 2 fully saturated rings. The van der Waals surface area contributed by atoms with Gasteiger partial charge in [0.15, 0.2) is 0 Å². The molecule has 2 heterocycles. The van der Waals surface area contributed by atoms with Crippen molar-refractivity contribution in [2.45, 2.75) is 49.1 Å². The van der Waals surface area contributed by atoms with Gasteiger partial charge in [-0.3, -0.25) is 9.35 Å². The summed E-state index contributed by atoms with van der Waals surface area (Å²) in [7, 11) is -2.60. The van der Waals surface area contributed by atoms with Crippen molar-refractivity contribution >= 4 is 16.1 Å². The van der Waals surface area contributed by atoms with Crippen molar-refractivity contribution in [1.29, 1.82) is 0 Å². The molecule has 0 radical (unpaired) electrons. The fraction of sp³-hybridized carbons (Fsp3) is 0.409. The zero-order valence-corrected chi connectivity index (χ0v) is 17.7. The minimum absolute atomic E-state index is 0.0573. The standard InChI is InChI=1S/C15H18FNO2.C7H8O3S/c1-19-15(18)14-12(8-11-5-6-13(14)17-11)9-3-2-4-10(16)7-9;1-6-2-4-7(5-3-6)11(8,9)10/h2-4,7,11-14,17H,5-6,8H2,1H3;2-5H,1H3,(H,8,9,10)/t11-,12-,13+,14-;/m0./s1. The summed E-state index contributed by atoms with van der Waals surface area (Å²) in [5.41, 5.74) is 1.87. The number of hydrogen-bond acceptors (Lipinski definition) is 5. The number of fused-ring (bicyclic) bond motifs is 2. The molecule has 6 nitrogen and oxygen atoms in total. The molecule has 0 unspecified atom stereocenters. The number of benzene rings is 2. The molecule has 2 aromatic rings. The molecule has 0 spiro atoms. The quantitative estimate of drug-likeness (QED) is 0.567. The Morgan fingerprint density at radius 1 is 1.17 bits per heavy atom. The Hall–Kier alpha value is -2.29. The molecule has 0 aliphatic carbocycles. The van der Waals surface area contributed by atoms with Crippen LogP contribution in [-0.4, -0.2) is 38.1 Å². The van der Waals surface area contributed by atoms with E-state index < -0.39 is 10.1 Å². The van der Waals surface area contributed by atoms with Crippen LogP contribution in [-0.2, 0) is 19.6 Å². The molecule has 0 saturated carbocycles. The number of ether oxygens (including phenoxy) is 1. The number of piperidine rings is 1. The van der Waals surface area contributed by atoms with Crippen molar-refractivity contribution < 1.29 is 26.9 Å². The summed E-state index contributed by atoms with van der Waals surface area (Å²) >= 11 is 0. The number of esters is 1. The van der Waals surface area contributed by atoms with Crippen molar-refractivity contribution in [1.82, 2.24) is 5.32 Å². The van der Waals surface area contributed by atoms with E-state index >= 15 is 0 Å². The Morgan fingerprint density at radius 3 is 2.47 bits per heavy atom. The molecule has 2 aromatic carbocycles. The molecule has 0 aromatic heterocycles. The average molecular weight is 436 g/mol. The first-order chi connectivity index (χ1) is 14.2.